The van der Waals surface area contributed by atoms with E-state index in [1.807, 2.05) is 19.1 Å². The minimum Gasteiger partial charge on any atom is -0.480 e. The Morgan fingerprint density at radius 3 is 2.50 bits per heavy atom. The molecule has 0 bridgehead atoms. The summed E-state index contributed by atoms with van der Waals surface area (Å²) < 4.78 is 6.46. The molecule has 134 valence electrons. The summed E-state index contributed by atoms with van der Waals surface area (Å²) in [5.74, 6) is -0.519. The second-order valence-electron chi connectivity index (χ2n) is 6.11. The number of hydrogen-bond donors (Lipinski definition) is 1. The molecule has 1 N–H and O–H groups in total. The van der Waals surface area contributed by atoms with Gasteiger partial charge in [-0.1, -0.05) is 6.07 Å². The first-order chi connectivity index (χ1) is 12.3. The van der Waals surface area contributed by atoms with Crippen LogP contribution in [-0.4, -0.2) is 35.8 Å². The smallest absolute Gasteiger partial charge is 0.265 e. The molecular formula is C19H17BrN2O4. The Hall–Kier alpha value is -2.67. The average molecular weight is 417 g/mol. The molecule has 7 heteroatoms. The van der Waals surface area contributed by atoms with Gasteiger partial charge in [0.1, 0.15) is 5.75 Å². The Kier molecular flexibility index (Phi) is 4.82. The lowest BCUT2D eigenvalue weighted by Gasteiger charge is -2.16. The number of imide groups is 1. The first-order valence-electron chi connectivity index (χ1n) is 7.98. The number of carbonyl (C=O) groups is 3. The fraction of sp³-hybridized carbons (Fsp3) is 0.211. The van der Waals surface area contributed by atoms with Gasteiger partial charge in [-0.15, -0.1) is 0 Å². The number of rotatable bonds is 4. The molecule has 2 aromatic carbocycles. The van der Waals surface area contributed by atoms with Gasteiger partial charge in [0.25, 0.3) is 17.7 Å². The third-order valence-electron chi connectivity index (χ3n) is 4.12. The summed E-state index contributed by atoms with van der Waals surface area (Å²) in [6, 6.07) is 10.2. The Labute approximate surface area is 159 Å². The number of ether oxygens (including phenoxy) is 1. The van der Waals surface area contributed by atoms with Crippen LogP contribution in [0.25, 0.3) is 0 Å². The van der Waals surface area contributed by atoms with Gasteiger partial charge in [-0.05, 0) is 65.7 Å². The van der Waals surface area contributed by atoms with Gasteiger partial charge in [-0.25, -0.2) is 0 Å². The van der Waals surface area contributed by atoms with Crippen molar-refractivity contribution in [2.45, 2.75) is 20.0 Å². The maximum Gasteiger partial charge on any atom is 0.265 e. The third kappa shape index (κ3) is 3.35. The first kappa shape index (κ1) is 18.1. The lowest BCUT2D eigenvalue weighted by atomic mass is 10.1. The van der Waals surface area contributed by atoms with Gasteiger partial charge in [0, 0.05) is 12.7 Å². The van der Waals surface area contributed by atoms with Crippen LogP contribution in [0.1, 0.15) is 33.2 Å². The average Bonchev–Trinajstić information content (AvgIpc) is 2.81. The zero-order valence-electron chi connectivity index (χ0n) is 14.5. The second-order valence-corrected chi connectivity index (χ2v) is 6.97. The largest absolute Gasteiger partial charge is 0.480 e. The normalized spacial score (nSPS) is 14.2. The third-order valence-corrected chi connectivity index (χ3v) is 4.74. The molecule has 0 aliphatic carbocycles. The number of benzene rings is 2. The SMILES string of the molecule is Cc1ccc(OC(C)C(=O)Nc2ccc3c(c2)C(=O)N(C)C3=O)c(Br)c1. The van der Waals surface area contributed by atoms with Crippen molar-refractivity contribution in [1.82, 2.24) is 4.90 Å². The maximum absolute atomic E-state index is 12.4. The van der Waals surface area contributed by atoms with Crippen molar-refractivity contribution in [2.75, 3.05) is 12.4 Å². The van der Waals surface area contributed by atoms with Crippen LogP contribution in [0.5, 0.6) is 5.75 Å². The number of nitrogens with one attached hydrogen (secondary N) is 1. The van der Waals surface area contributed by atoms with Crippen LogP contribution in [0.2, 0.25) is 0 Å². The molecule has 0 fully saturated rings. The monoisotopic (exact) mass is 416 g/mol. The summed E-state index contributed by atoms with van der Waals surface area (Å²) in [6.45, 7) is 3.60. The zero-order valence-corrected chi connectivity index (χ0v) is 16.1. The number of aryl methyl sites for hydroxylation is 1. The Morgan fingerprint density at radius 2 is 1.81 bits per heavy atom. The van der Waals surface area contributed by atoms with Gasteiger partial charge in [-0.2, -0.15) is 0 Å². The highest BCUT2D eigenvalue weighted by Gasteiger charge is 2.32. The van der Waals surface area contributed by atoms with E-state index < -0.39 is 6.10 Å². The highest BCUT2D eigenvalue weighted by molar-refractivity contribution is 9.10. The van der Waals surface area contributed by atoms with Crippen molar-refractivity contribution >= 4 is 39.3 Å². The van der Waals surface area contributed by atoms with Gasteiger partial charge in [0.2, 0.25) is 0 Å². The molecule has 1 aliphatic rings. The van der Waals surface area contributed by atoms with Crippen molar-refractivity contribution < 1.29 is 19.1 Å². The number of amides is 3. The standard InChI is InChI=1S/C19H17BrN2O4/c1-10-4-7-16(15(20)8-10)26-11(2)17(23)21-12-5-6-13-14(9-12)19(25)22(3)18(13)24/h4-9,11H,1-3H3,(H,21,23). The molecule has 0 spiro atoms. The minimum absolute atomic E-state index is 0.283. The van der Waals surface area contributed by atoms with Gasteiger partial charge >= 0.3 is 0 Å². The van der Waals surface area contributed by atoms with Gasteiger partial charge in [0.05, 0.1) is 15.6 Å². The van der Waals surface area contributed by atoms with Crippen LogP contribution in [-0.2, 0) is 4.79 Å². The molecule has 3 rings (SSSR count). The van der Waals surface area contributed by atoms with Crippen molar-refractivity contribution in [3.63, 3.8) is 0 Å². The van der Waals surface area contributed by atoms with E-state index in [1.54, 1.807) is 19.1 Å². The molecule has 3 amide bonds. The number of carbonyl (C=O) groups excluding carboxylic acids is 3. The van der Waals surface area contributed by atoms with E-state index in [0.29, 0.717) is 17.0 Å². The lowest BCUT2D eigenvalue weighted by molar-refractivity contribution is -0.122. The summed E-state index contributed by atoms with van der Waals surface area (Å²) in [5.41, 5.74) is 2.13. The molecule has 0 aromatic heterocycles. The van der Waals surface area contributed by atoms with Gasteiger partial charge in [-0.3, -0.25) is 19.3 Å². The number of hydrogen-bond acceptors (Lipinski definition) is 4. The van der Waals surface area contributed by atoms with Crippen LogP contribution in [0.4, 0.5) is 5.69 Å². The summed E-state index contributed by atoms with van der Waals surface area (Å²) in [6.07, 6.45) is -0.748. The van der Waals surface area contributed by atoms with Crippen molar-refractivity contribution in [3.05, 3.63) is 57.6 Å². The Balaban J connectivity index is 1.72. The molecule has 0 radical (unpaired) electrons. The van der Waals surface area contributed by atoms with Crippen LogP contribution in [0.15, 0.2) is 40.9 Å². The fourth-order valence-electron chi connectivity index (χ4n) is 2.63. The summed E-state index contributed by atoms with van der Waals surface area (Å²) >= 11 is 3.41. The van der Waals surface area contributed by atoms with Gasteiger partial charge in [0.15, 0.2) is 6.10 Å². The van der Waals surface area contributed by atoms with Crippen molar-refractivity contribution in [1.29, 1.82) is 0 Å². The van der Waals surface area contributed by atoms with Crippen LogP contribution in [0, 0.1) is 6.92 Å². The molecule has 26 heavy (non-hydrogen) atoms. The molecule has 0 saturated heterocycles. The Bertz CT molecular complexity index is 926. The van der Waals surface area contributed by atoms with Crippen LogP contribution in [0.3, 0.4) is 0 Å². The zero-order chi connectivity index (χ0) is 19.0. The van der Waals surface area contributed by atoms with Crippen LogP contribution >= 0.6 is 15.9 Å². The van der Waals surface area contributed by atoms with E-state index in [0.717, 1.165) is 14.9 Å². The predicted octanol–water partition coefficient (Wildman–Crippen LogP) is 3.39. The van der Waals surface area contributed by atoms with E-state index in [1.165, 1.54) is 19.2 Å². The molecule has 1 heterocycles. The second kappa shape index (κ2) is 6.92. The highest BCUT2D eigenvalue weighted by atomic mass is 79.9. The quantitative estimate of drug-likeness (QED) is 0.774. The summed E-state index contributed by atoms with van der Waals surface area (Å²) in [5, 5.41) is 2.71. The predicted molar refractivity (Wildman–Crippen MR) is 100 cm³/mol. The lowest BCUT2D eigenvalue weighted by Crippen LogP contribution is -2.30. The van der Waals surface area contributed by atoms with E-state index in [9.17, 15) is 14.4 Å². The summed E-state index contributed by atoms with van der Waals surface area (Å²) in [4.78, 5) is 37.4. The maximum atomic E-state index is 12.4. The number of halogens is 1. The molecular weight excluding hydrogens is 400 g/mol. The highest BCUT2D eigenvalue weighted by Crippen LogP contribution is 2.27. The fourth-order valence-corrected chi connectivity index (χ4v) is 3.22. The first-order valence-corrected chi connectivity index (χ1v) is 8.77. The van der Waals surface area contributed by atoms with E-state index in [4.69, 9.17) is 4.74 Å². The van der Waals surface area contributed by atoms with Crippen molar-refractivity contribution in [2.24, 2.45) is 0 Å². The molecule has 1 unspecified atom stereocenters. The number of fused-ring (bicyclic) bond motifs is 1. The molecule has 0 saturated carbocycles. The van der Waals surface area contributed by atoms with E-state index >= 15 is 0 Å². The molecule has 1 atom stereocenters. The van der Waals surface area contributed by atoms with Crippen molar-refractivity contribution in [3.8, 4) is 5.75 Å². The minimum atomic E-state index is -0.748. The molecule has 6 nitrogen and oxygen atoms in total. The Morgan fingerprint density at radius 1 is 1.12 bits per heavy atom. The number of anilines is 1. The van der Waals surface area contributed by atoms with E-state index in [-0.39, 0.29) is 23.3 Å². The summed E-state index contributed by atoms with van der Waals surface area (Å²) in [7, 11) is 1.43. The van der Waals surface area contributed by atoms with E-state index in [2.05, 4.69) is 21.2 Å². The molecule has 2 aromatic rings. The van der Waals surface area contributed by atoms with Crippen LogP contribution < -0.4 is 10.1 Å². The molecule has 1 aliphatic heterocycles. The van der Waals surface area contributed by atoms with Gasteiger partial charge < -0.3 is 10.1 Å². The number of nitrogens with zero attached hydrogens (tertiary/aromatic N) is 1. The topological polar surface area (TPSA) is 75.7 Å².